The van der Waals surface area contributed by atoms with Gasteiger partial charge in [-0.2, -0.15) is 0 Å². The first-order valence-electron chi connectivity index (χ1n) is 11.0. The van der Waals surface area contributed by atoms with Crippen molar-refractivity contribution >= 4 is 0 Å². The maximum Gasteiger partial charge on any atom is 0.168 e. The predicted molar refractivity (Wildman–Crippen MR) is 109 cm³/mol. The highest BCUT2D eigenvalue weighted by Gasteiger charge is 2.50. The first-order valence-corrected chi connectivity index (χ1v) is 11.0. The van der Waals surface area contributed by atoms with Gasteiger partial charge < -0.3 is 19.3 Å². The van der Waals surface area contributed by atoms with Crippen LogP contribution in [0.5, 0.6) is 0 Å². The van der Waals surface area contributed by atoms with Gasteiger partial charge in [0.05, 0.1) is 31.0 Å². The number of hydrogen-bond donors (Lipinski definition) is 1. The highest BCUT2D eigenvalue weighted by Crippen LogP contribution is 2.45. The van der Waals surface area contributed by atoms with Crippen LogP contribution >= 0.6 is 0 Å². The zero-order valence-electron chi connectivity index (χ0n) is 16.9. The van der Waals surface area contributed by atoms with Gasteiger partial charge in [0.15, 0.2) is 5.79 Å². The van der Waals surface area contributed by atoms with Crippen LogP contribution in [-0.4, -0.2) is 35.3 Å². The second kappa shape index (κ2) is 8.66. The van der Waals surface area contributed by atoms with E-state index in [1.54, 1.807) is 6.08 Å². The van der Waals surface area contributed by atoms with Crippen molar-refractivity contribution < 1.29 is 19.3 Å². The number of rotatable bonds is 5. The molecule has 154 valence electrons. The van der Waals surface area contributed by atoms with Crippen LogP contribution in [0.4, 0.5) is 0 Å². The molecule has 0 unspecified atom stereocenters. The third kappa shape index (κ3) is 4.35. The minimum atomic E-state index is -0.918. The fourth-order valence-corrected chi connectivity index (χ4v) is 5.20. The van der Waals surface area contributed by atoms with Gasteiger partial charge in [-0.05, 0) is 44.1 Å². The molecule has 1 heterocycles. The summed E-state index contributed by atoms with van der Waals surface area (Å²) in [6.45, 7) is 5.12. The van der Waals surface area contributed by atoms with E-state index in [4.69, 9.17) is 14.2 Å². The summed E-state index contributed by atoms with van der Waals surface area (Å²) in [7, 11) is 0. The van der Waals surface area contributed by atoms with E-state index >= 15 is 0 Å². The Morgan fingerprint density at radius 1 is 1.11 bits per heavy atom. The van der Waals surface area contributed by atoms with E-state index in [9.17, 15) is 5.11 Å². The van der Waals surface area contributed by atoms with E-state index in [1.165, 1.54) is 12.0 Å². The molecule has 2 aliphatic carbocycles. The predicted octanol–water partition coefficient (Wildman–Crippen LogP) is 4.75. The second-order valence-electron chi connectivity index (χ2n) is 8.79. The summed E-state index contributed by atoms with van der Waals surface area (Å²) in [4.78, 5) is 0. The molecule has 4 atom stereocenters. The lowest BCUT2D eigenvalue weighted by molar-refractivity contribution is -0.199. The summed E-state index contributed by atoms with van der Waals surface area (Å²) in [6.07, 6.45) is 10.6. The molecule has 0 aromatic heterocycles. The van der Waals surface area contributed by atoms with Crippen molar-refractivity contribution in [2.24, 2.45) is 5.92 Å². The highest BCUT2D eigenvalue weighted by molar-refractivity contribution is 5.13. The molecule has 4 rings (SSSR count). The number of ether oxygens (including phenoxy) is 3. The van der Waals surface area contributed by atoms with Crippen LogP contribution in [0, 0.1) is 5.92 Å². The molecule has 4 heteroatoms. The average Bonchev–Trinajstić information content (AvgIpc) is 3.04. The van der Waals surface area contributed by atoms with Crippen molar-refractivity contribution in [2.45, 2.75) is 88.0 Å². The molecule has 2 saturated carbocycles. The topological polar surface area (TPSA) is 47.9 Å². The van der Waals surface area contributed by atoms with Crippen LogP contribution in [0.1, 0.15) is 63.4 Å². The Balaban J connectivity index is 1.45. The van der Waals surface area contributed by atoms with E-state index in [0.717, 1.165) is 44.9 Å². The van der Waals surface area contributed by atoms with Crippen molar-refractivity contribution in [3.63, 3.8) is 0 Å². The lowest BCUT2D eigenvalue weighted by Crippen LogP contribution is -2.45. The van der Waals surface area contributed by atoms with Crippen LogP contribution in [-0.2, 0) is 20.8 Å². The fraction of sp³-hybridized carbons (Fsp3) is 0.667. The first kappa shape index (κ1) is 20.1. The minimum absolute atomic E-state index is 0.0467. The molecule has 1 aromatic rings. The SMILES string of the molecule is C=C[C@@]1(O)CCC[C@H](OCc2ccccc2)C[C@@H]1[C@H]1COC2(CCCCC2)O1. The molecular weight excluding hydrogens is 352 g/mol. The molecule has 3 fully saturated rings. The van der Waals surface area contributed by atoms with Gasteiger partial charge in [-0.15, -0.1) is 6.58 Å². The summed E-state index contributed by atoms with van der Waals surface area (Å²) < 4.78 is 19.0. The number of aliphatic hydroxyl groups is 1. The molecular formula is C24H34O4. The van der Waals surface area contributed by atoms with Crippen molar-refractivity contribution in [1.29, 1.82) is 0 Å². The Hall–Kier alpha value is -1.20. The van der Waals surface area contributed by atoms with Gasteiger partial charge in [0.1, 0.15) is 0 Å². The Morgan fingerprint density at radius 2 is 1.89 bits per heavy atom. The van der Waals surface area contributed by atoms with Crippen molar-refractivity contribution in [3.05, 3.63) is 48.6 Å². The molecule has 0 radical (unpaired) electrons. The third-order valence-electron chi connectivity index (χ3n) is 6.89. The van der Waals surface area contributed by atoms with Gasteiger partial charge in [-0.25, -0.2) is 0 Å². The van der Waals surface area contributed by atoms with Crippen LogP contribution < -0.4 is 0 Å². The van der Waals surface area contributed by atoms with Crippen molar-refractivity contribution in [1.82, 2.24) is 0 Å². The Labute approximate surface area is 168 Å². The highest BCUT2D eigenvalue weighted by atomic mass is 16.7. The molecule has 1 aliphatic heterocycles. The molecule has 1 aromatic carbocycles. The molecule has 0 amide bonds. The van der Waals surface area contributed by atoms with Gasteiger partial charge in [0.2, 0.25) is 0 Å². The zero-order chi connectivity index (χ0) is 19.5. The summed E-state index contributed by atoms with van der Waals surface area (Å²) in [5, 5.41) is 11.4. The summed E-state index contributed by atoms with van der Waals surface area (Å²) in [6, 6.07) is 10.3. The van der Waals surface area contributed by atoms with Gasteiger partial charge in [0, 0.05) is 18.8 Å². The number of hydrogen-bond acceptors (Lipinski definition) is 4. The summed E-state index contributed by atoms with van der Waals surface area (Å²) in [5.41, 5.74) is 0.267. The Morgan fingerprint density at radius 3 is 2.64 bits per heavy atom. The maximum atomic E-state index is 11.4. The molecule has 1 N–H and O–H groups in total. The van der Waals surface area contributed by atoms with E-state index in [-0.39, 0.29) is 18.1 Å². The first-order chi connectivity index (χ1) is 13.6. The van der Waals surface area contributed by atoms with Gasteiger partial charge in [-0.1, -0.05) is 42.8 Å². The summed E-state index contributed by atoms with van der Waals surface area (Å²) >= 11 is 0. The largest absolute Gasteiger partial charge is 0.385 e. The molecule has 28 heavy (non-hydrogen) atoms. The minimum Gasteiger partial charge on any atom is -0.385 e. The normalized spacial score (nSPS) is 35.5. The van der Waals surface area contributed by atoms with E-state index in [0.29, 0.717) is 19.6 Å². The van der Waals surface area contributed by atoms with E-state index in [1.807, 2.05) is 18.2 Å². The van der Waals surface area contributed by atoms with E-state index < -0.39 is 11.4 Å². The van der Waals surface area contributed by atoms with Crippen LogP contribution in [0.25, 0.3) is 0 Å². The smallest absolute Gasteiger partial charge is 0.168 e. The average molecular weight is 387 g/mol. The molecule has 1 saturated heterocycles. The van der Waals surface area contributed by atoms with Gasteiger partial charge >= 0.3 is 0 Å². The quantitative estimate of drug-likeness (QED) is 0.586. The maximum absolute atomic E-state index is 11.4. The molecule has 3 aliphatic rings. The van der Waals surface area contributed by atoms with Crippen LogP contribution in [0.3, 0.4) is 0 Å². The molecule has 4 nitrogen and oxygen atoms in total. The van der Waals surface area contributed by atoms with Crippen molar-refractivity contribution in [2.75, 3.05) is 6.61 Å². The van der Waals surface area contributed by atoms with Crippen LogP contribution in [0.15, 0.2) is 43.0 Å². The third-order valence-corrected chi connectivity index (χ3v) is 6.89. The van der Waals surface area contributed by atoms with E-state index in [2.05, 4.69) is 18.7 Å². The van der Waals surface area contributed by atoms with Crippen LogP contribution in [0.2, 0.25) is 0 Å². The Bertz CT molecular complexity index is 639. The monoisotopic (exact) mass is 386 g/mol. The lowest BCUT2D eigenvalue weighted by atomic mass is 9.79. The molecule has 0 bridgehead atoms. The molecule has 1 spiro atoms. The zero-order valence-corrected chi connectivity index (χ0v) is 16.9. The van der Waals surface area contributed by atoms with Gasteiger partial charge in [-0.3, -0.25) is 0 Å². The lowest BCUT2D eigenvalue weighted by Gasteiger charge is -2.38. The fourth-order valence-electron chi connectivity index (χ4n) is 5.20. The van der Waals surface area contributed by atoms with Gasteiger partial charge in [0.25, 0.3) is 0 Å². The standard InChI is InChI=1S/C24H34O4/c1-2-23(25)13-9-12-20(26-17-19-10-5-3-6-11-19)16-21(23)22-18-27-24(28-22)14-7-4-8-15-24/h2-3,5-6,10-11,20-22,25H,1,4,7-9,12-18H2/t20-,21+,22+,23+/m0/s1. The van der Waals surface area contributed by atoms with Crippen molar-refractivity contribution in [3.8, 4) is 0 Å². The Kier molecular flexibility index (Phi) is 6.21. The second-order valence-corrected chi connectivity index (χ2v) is 8.79. The summed E-state index contributed by atoms with van der Waals surface area (Å²) in [5.74, 6) is -0.466. The number of benzene rings is 1.